The van der Waals surface area contributed by atoms with Crippen LogP contribution >= 0.6 is 0 Å². The van der Waals surface area contributed by atoms with E-state index in [9.17, 15) is 4.79 Å². The molecular weight excluding hydrogens is 270 g/mol. The molecule has 6 heteroatoms. The van der Waals surface area contributed by atoms with Crippen LogP contribution in [-0.4, -0.2) is 41.9 Å². The lowest BCUT2D eigenvalue weighted by molar-refractivity contribution is 0.0779. The number of aryl methyl sites for hydroxylation is 1. The van der Waals surface area contributed by atoms with Crippen LogP contribution in [0.25, 0.3) is 0 Å². The van der Waals surface area contributed by atoms with Crippen molar-refractivity contribution in [1.82, 2.24) is 14.7 Å². The topological polar surface area (TPSA) is 56.6 Å². The molecule has 2 rings (SSSR count). The van der Waals surface area contributed by atoms with Gasteiger partial charge in [0.05, 0.1) is 32.0 Å². The Kier molecular flexibility index (Phi) is 4.47. The smallest absolute Gasteiger partial charge is 0.257 e. The van der Waals surface area contributed by atoms with Crippen LogP contribution in [0.3, 0.4) is 0 Å². The minimum Gasteiger partial charge on any atom is -0.497 e. The molecule has 2 aromatic rings. The highest BCUT2D eigenvalue weighted by Crippen LogP contribution is 2.25. The number of methoxy groups -OCH3 is 2. The highest BCUT2D eigenvalue weighted by Gasteiger charge is 2.18. The maximum atomic E-state index is 12.5. The summed E-state index contributed by atoms with van der Waals surface area (Å²) in [5.41, 5.74) is 1.33. The number of hydrogen-bond donors (Lipinski definition) is 0. The van der Waals surface area contributed by atoms with E-state index in [1.165, 1.54) is 7.11 Å². The Labute approximate surface area is 123 Å². The van der Waals surface area contributed by atoms with Gasteiger partial charge < -0.3 is 14.4 Å². The lowest BCUT2D eigenvalue weighted by atomic mass is 10.1. The van der Waals surface area contributed by atoms with Crippen molar-refractivity contribution in [3.8, 4) is 11.5 Å². The molecule has 0 bridgehead atoms. The molecule has 0 fully saturated rings. The van der Waals surface area contributed by atoms with Gasteiger partial charge in [-0.2, -0.15) is 5.10 Å². The van der Waals surface area contributed by atoms with Gasteiger partial charge in [0.25, 0.3) is 5.91 Å². The predicted octanol–water partition coefficient (Wildman–Crippen LogP) is 1.71. The number of ether oxygens (including phenoxy) is 2. The van der Waals surface area contributed by atoms with Crippen LogP contribution in [0.1, 0.15) is 16.1 Å². The molecular formula is C15H19N3O3. The normalized spacial score (nSPS) is 10.3. The van der Waals surface area contributed by atoms with Crippen LogP contribution in [0, 0.1) is 0 Å². The quantitative estimate of drug-likeness (QED) is 0.841. The maximum Gasteiger partial charge on any atom is 0.257 e. The van der Waals surface area contributed by atoms with E-state index in [0.717, 1.165) is 5.69 Å². The van der Waals surface area contributed by atoms with Crippen LogP contribution < -0.4 is 9.47 Å². The van der Waals surface area contributed by atoms with Gasteiger partial charge in [-0.15, -0.1) is 0 Å². The molecule has 0 radical (unpaired) electrons. The van der Waals surface area contributed by atoms with Gasteiger partial charge in [-0.3, -0.25) is 9.48 Å². The third kappa shape index (κ3) is 3.34. The summed E-state index contributed by atoms with van der Waals surface area (Å²) in [6.07, 6.45) is 1.85. The van der Waals surface area contributed by atoms with Gasteiger partial charge in [0.15, 0.2) is 0 Å². The third-order valence-electron chi connectivity index (χ3n) is 3.15. The zero-order valence-electron chi connectivity index (χ0n) is 12.7. The summed E-state index contributed by atoms with van der Waals surface area (Å²) in [6.45, 7) is 0.439. The summed E-state index contributed by atoms with van der Waals surface area (Å²) in [6, 6.07) is 7.02. The second kappa shape index (κ2) is 6.30. The Morgan fingerprint density at radius 2 is 2.05 bits per heavy atom. The first-order valence-electron chi connectivity index (χ1n) is 6.51. The highest BCUT2D eigenvalue weighted by atomic mass is 16.5. The van der Waals surface area contributed by atoms with E-state index in [-0.39, 0.29) is 5.91 Å². The number of rotatable bonds is 5. The Bertz CT molecular complexity index is 637. The molecule has 0 saturated heterocycles. The van der Waals surface area contributed by atoms with Crippen LogP contribution in [0.4, 0.5) is 0 Å². The van der Waals surface area contributed by atoms with E-state index in [1.807, 2.05) is 19.3 Å². The Balaban J connectivity index is 2.18. The van der Waals surface area contributed by atoms with Crippen LogP contribution in [0.5, 0.6) is 11.5 Å². The minimum atomic E-state index is -0.125. The summed E-state index contributed by atoms with van der Waals surface area (Å²) in [4.78, 5) is 14.1. The molecule has 1 aromatic carbocycles. The number of aromatic nitrogens is 2. The number of benzene rings is 1. The van der Waals surface area contributed by atoms with Crippen molar-refractivity contribution in [2.24, 2.45) is 7.05 Å². The van der Waals surface area contributed by atoms with Gasteiger partial charge >= 0.3 is 0 Å². The number of carbonyl (C=O) groups excluding carboxylic acids is 1. The number of hydrogen-bond acceptors (Lipinski definition) is 4. The van der Waals surface area contributed by atoms with Crippen LogP contribution in [0.2, 0.25) is 0 Å². The molecule has 0 aliphatic carbocycles. The standard InChI is InChI=1S/C15H19N3O3/c1-17(10-11-7-8-18(2)16-11)15(19)13-6-5-12(20-3)9-14(13)21-4/h5-9H,10H2,1-4H3. The van der Waals surface area contributed by atoms with Gasteiger partial charge in [-0.25, -0.2) is 0 Å². The molecule has 1 aromatic heterocycles. The zero-order chi connectivity index (χ0) is 15.4. The molecule has 0 N–H and O–H groups in total. The third-order valence-corrected chi connectivity index (χ3v) is 3.15. The zero-order valence-corrected chi connectivity index (χ0v) is 12.7. The van der Waals surface area contributed by atoms with Gasteiger partial charge in [-0.05, 0) is 18.2 Å². The van der Waals surface area contributed by atoms with Crippen molar-refractivity contribution in [2.45, 2.75) is 6.54 Å². The molecule has 0 spiro atoms. The van der Waals surface area contributed by atoms with Crippen molar-refractivity contribution in [2.75, 3.05) is 21.3 Å². The first-order chi connectivity index (χ1) is 10.0. The van der Waals surface area contributed by atoms with Gasteiger partial charge in [0.2, 0.25) is 0 Å². The largest absolute Gasteiger partial charge is 0.497 e. The Morgan fingerprint density at radius 1 is 1.29 bits per heavy atom. The first kappa shape index (κ1) is 14.9. The average Bonchev–Trinajstić information content (AvgIpc) is 2.90. The molecule has 1 heterocycles. The Morgan fingerprint density at radius 3 is 2.62 bits per heavy atom. The first-order valence-corrected chi connectivity index (χ1v) is 6.51. The monoisotopic (exact) mass is 289 g/mol. The average molecular weight is 289 g/mol. The fraction of sp³-hybridized carbons (Fsp3) is 0.333. The summed E-state index contributed by atoms with van der Waals surface area (Å²) < 4.78 is 12.1. The minimum absolute atomic E-state index is 0.125. The van der Waals surface area contributed by atoms with Gasteiger partial charge in [0.1, 0.15) is 11.5 Å². The Hall–Kier alpha value is -2.50. The predicted molar refractivity (Wildman–Crippen MR) is 78.6 cm³/mol. The van der Waals surface area contributed by atoms with Crippen molar-refractivity contribution >= 4 is 5.91 Å². The number of amides is 1. The molecule has 112 valence electrons. The van der Waals surface area contributed by atoms with Crippen molar-refractivity contribution in [1.29, 1.82) is 0 Å². The molecule has 21 heavy (non-hydrogen) atoms. The van der Waals surface area contributed by atoms with Crippen molar-refractivity contribution < 1.29 is 14.3 Å². The van der Waals surface area contributed by atoms with Gasteiger partial charge in [-0.1, -0.05) is 0 Å². The van der Waals surface area contributed by atoms with E-state index in [2.05, 4.69) is 5.10 Å². The fourth-order valence-corrected chi connectivity index (χ4v) is 2.04. The highest BCUT2D eigenvalue weighted by molar-refractivity contribution is 5.97. The SMILES string of the molecule is COc1ccc(C(=O)N(C)Cc2ccn(C)n2)c(OC)c1. The second-order valence-corrected chi connectivity index (χ2v) is 4.71. The fourth-order valence-electron chi connectivity index (χ4n) is 2.04. The summed E-state index contributed by atoms with van der Waals surface area (Å²) in [5, 5.41) is 4.27. The number of nitrogens with zero attached hydrogens (tertiary/aromatic N) is 3. The van der Waals surface area contributed by atoms with Crippen molar-refractivity contribution in [3.05, 3.63) is 41.7 Å². The molecule has 1 amide bonds. The summed E-state index contributed by atoms with van der Waals surface area (Å²) in [5.74, 6) is 1.02. The van der Waals surface area contributed by atoms with E-state index in [4.69, 9.17) is 9.47 Å². The molecule has 6 nitrogen and oxygen atoms in total. The van der Waals surface area contributed by atoms with E-state index in [0.29, 0.717) is 23.6 Å². The summed E-state index contributed by atoms with van der Waals surface area (Å²) >= 11 is 0. The second-order valence-electron chi connectivity index (χ2n) is 4.71. The molecule has 0 aliphatic rings. The van der Waals surface area contributed by atoms with E-state index in [1.54, 1.807) is 41.9 Å². The maximum absolute atomic E-state index is 12.5. The lowest BCUT2D eigenvalue weighted by Crippen LogP contribution is -2.26. The van der Waals surface area contributed by atoms with Crippen LogP contribution in [-0.2, 0) is 13.6 Å². The molecule has 0 unspecified atom stereocenters. The van der Waals surface area contributed by atoms with Crippen LogP contribution in [0.15, 0.2) is 30.5 Å². The van der Waals surface area contributed by atoms with Gasteiger partial charge in [0, 0.05) is 26.4 Å². The van der Waals surface area contributed by atoms with E-state index >= 15 is 0 Å². The lowest BCUT2D eigenvalue weighted by Gasteiger charge is -2.18. The molecule has 0 aliphatic heterocycles. The van der Waals surface area contributed by atoms with Crippen molar-refractivity contribution in [3.63, 3.8) is 0 Å². The number of carbonyl (C=O) groups is 1. The molecule has 0 saturated carbocycles. The van der Waals surface area contributed by atoms with E-state index < -0.39 is 0 Å². The molecule has 0 atom stereocenters. The summed E-state index contributed by atoms with van der Waals surface area (Å²) in [7, 11) is 6.69.